The van der Waals surface area contributed by atoms with Crippen molar-refractivity contribution in [3.8, 4) is 0 Å². The van der Waals surface area contributed by atoms with Crippen LogP contribution in [0.3, 0.4) is 0 Å². The smallest absolute Gasteiger partial charge is 0.410 e. The van der Waals surface area contributed by atoms with E-state index in [9.17, 15) is 18.8 Å². The van der Waals surface area contributed by atoms with Gasteiger partial charge in [0.15, 0.2) is 61.0 Å². The van der Waals surface area contributed by atoms with Crippen molar-refractivity contribution in [1.82, 2.24) is 71.0 Å². The summed E-state index contributed by atoms with van der Waals surface area (Å²) in [5.74, 6) is 3.16. The molecule has 13 heterocycles. The Labute approximate surface area is 915 Å². The summed E-state index contributed by atoms with van der Waals surface area (Å²) in [5.41, 5.74) is 4.52. The maximum absolute atomic E-state index is 12.3. The Balaban J connectivity index is 0.000000304. The zero-order valence-corrected chi connectivity index (χ0v) is 103. The maximum Gasteiger partial charge on any atom is 0.410 e. The molecule has 143 heavy (non-hydrogen) atoms. The Hall–Kier alpha value is -3.98. The summed E-state index contributed by atoms with van der Waals surface area (Å²) in [4.78, 5) is 50.3. The summed E-state index contributed by atoms with van der Waals surface area (Å²) in [7, 11) is -6.93. The van der Waals surface area contributed by atoms with E-state index in [1.807, 2.05) is 68.4 Å². The van der Waals surface area contributed by atoms with Crippen LogP contribution >= 0.6 is 115 Å². The minimum atomic E-state index is -1.72. The molecule has 8 aliphatic heterocycles. The molecule has 3 N–H and O–H groups in total. The SMILES string of the molecule is CC(C)(C)OC(=O)N1CC(I)C1.CC(C)(C)OC(=O)N1CC(c2nnc(Cl)cc2N2CCC(CO[Si](C)(C)C(C)(C)C)CC2)C1.CC(C)(C)OC(=O)N1CC(c2nnccc2N2CCC(CO[Si](C)(C)C(C)(C)C)CC2)C1.CC(C)(C)[Si](C)(C)C.CC(C)(C)[Si](C)(C)OCC1CCN(c2cc(Cl)nnc2Cl)CC1.Clc1cc(Cl)c(Cl)nn1.OCC1CCN(c2cc(Cl)nnc2Cl)CC1.OCC1CCNCC1.[2H]CF. The average molecular weight is 2350 g/mol. The number of aliphatic hydroxyl groups excluding tert-OH is 2. The molecular formula is C100H172Cl8FIN18O11Si4. The van der Waals surface area contributed by atoms with Crippen LogP contribution in [0.2, 0.25) is 120 Å². The van der Waals surface area contributed by atoms with Gasteiger partial charge in [-0.3, -0.25) is 4.39 Å². The number of carbonyl (C=O) groups excluding carboxylic acids is 3. The molecule has 814 valence electrons. The first kappa shape index (κ1) is 128. The third-order valence-electron chi connectivity index (χ3n) is 28.4. The fourth-order valence-corrected chi connectivity index (χ4v) is 20.0. The fourth-order valence-electron chi connectivity index (χ4n) is 14.5. The number of nitrogens with zero attached hydrogens (tertiary/aromatic N) is 17. The van der Waals surface area contributed by atoms with Gasteiger partial charge in [0.1, 0.15) is 16.8 Å². The molecule has 13 rings (SSSR count). The number of piperidine rings is 5. The minimum Gasteiger partial charge on any atom is -0.444 e. The summed E-state index contributed by atoms with van der Waals surface area (Å²) >= 11 is 48.7. The van der Waals surface area contributed by atoms with Gasteiger partial charge in [0, 0.05) is 167 Å². The van der Waals surface area contributed by atoms with Crippen LogP contribution in [0, 0.1) is 29.6 Å². The number of anilines is 4. The molecule has 43 heteroatoms. The molecule has 0 aromatic carbocycles. The van der Waals surface area contributed by atoms with E-state index < -0.39 is 51.4 Å². The highest BCUT2D eigenvalue weighted by molar-refractivity contribution is 14.1. The van der Waals surface area contributed by atoms with Crippen molar-refractivity contribution in [1.29, 1.82) is 0 Å². The molecule has 0 atom stereocenters. The van der Waals surface area contributed by atoms with Crippen molar-refractivity contribution < 1.29 is 57.8 Å². The first-order valence-corrected chi connectivity index (χ1v) is 66.7. The molecule has 8 aliphatic rings. The van der Waals surface area contributed by atoms with Gasteiger partial charge < -0.3 is 77.3 Å². The predicted octanol–water partition coefficient (Wildman–Crippen LogP) is 25.9. The van der Waals surface area contributed by atoms with Crippen LogP contribution in [0.15, 0.2) is 36.5 Å². The summed E-state index contributed by atoms with van der Waals surface area (Å²) < 4.78 is 51.6. The van der Waals surface area contributed by atoms with Crippen molar-refractivity contribution in [3.05, 3.63) is 89.0 Å². The van der Waals surface area contributed by atoms with E-state index in [1.54, 1.807) is 33.0 Å². The average Bonchev–Trinajstić information content (AvgIpc) is 0.793. The van der Waals surface area contributed by atoms with Crippen molar-refractivity contribution in [3.63, 3.8) is 0 Å². The highest BCUT2D eigenvalue weighted by atomic mass is 127. The number of nitrogens with one attached hydrogen (secondary N) is 1. The Kier molecular flexibility index (Phi) is 51.5. The van der Waals surface area contributed by atoms with Gasteiger partial charge in [-0.05, 0) is 241 Å². The van der Waals surface area contributed by atoms with Crippen LogP contribution < -0.4 is 24.9 Å². The normalized spacial score (nSPS) is 17.9. The first-order chi connectivity index (χ1) is 66.4. The monoisotopic (exact) mass is 2340 g/mol. The number of hydrogen-bond donors (Lipinski definition) is 3. The first-order valence-electron chi connectivity index (χ1n) is 51.0. The van der Waals surface area contributed by atoms with Crippen molar-refractivity contribution in [2.45, 2.75) is 321 Å². The number of aromatic nitrogens is 10. The van der Waals surface area contributed by atoms with Gasteiger partial charge in [-0.2, -0.15) is 15.3 Å². The molecule has 0 radical (unpaired) electrons. The molecule has 3 amide bonds. The Morgan fingerprint density at radius 1 is 0.399 bits per heavy atom. The number of aliphatic hydroxyl groups is 2. The van der Waals surface area contributed by atoms with Crippen molar-refractivity contribution in [2.24, 2.45) is 29.6 Å². The third kappa shape index (κ3) is 44.3. The van der Waals surface area contributed by atoms with Crippen LogP contribution in [-0.2, 0) is 27.5 Å². The lowest BCUT2D eigenvalue weighted by Gasteiger charge is -2.42. The number of amides is 3. The van der Waals surface area contributed by atoms with E-state index in [2.05, 4.69) is 247 Å². The second-order valence-electron chi connectivity index (χ2n) is 47.9. The summed E-state index contributed by atoms with van der Waals surface area (Å²) in [6, 6.07) is 8.95. The van der Waals surface area contributed by atoms with Gasteiger partial charge >= 0.3 is 18.3 Å². The summed E-state index contributed by atoms with van der Waals surface area (Å²) in [6.07, 6.45) is 11.9. The molecule has 8 saturated heterocycles. The van der Waals surface area contributed by atoms with E-state index in [0.717, 1.165) is 197 Å². The zero-order valence-electron chi connectivity index (χ0n) is 92.2. The van der Waals surface area contributed by atoms with Crippen molar-refractivity contribution >= 4 is 189 Å². The standard InChI is InChI=1S/C24H41ClN4O3Si.C24H42N4O3Si.C16H27Cl2N3OSi.C10H13Cl2N3O.C8H14INO2.C7H18Si.C6H13NO.C4HCl3N2.CH3F/c1-23(2,3)32-22(30)29-14-18(15-29)21-19(13-20(25)26-27-21)28-11-9-17(10-12-28)16-31-33(7,8)24(4,5)6;1-23(2,3)31-22(29)28-15-19(16-28)21-20(9-12-25-26-21)27-13-10-18(11-14-27)17-30-32(7,8)24(4,5)6;1-16(2,3)23(4,5)22-11-12-6-8-21(9-7-12)13-10-14(17)19-20-15(13)18;11-9-5-8(10(12)14-13-9)15-3-1-7(6-16)2-4-15;1-8(2,3)12-7(11)10-4-6(9)5-10;1-7(2,3)8(4,5)6;8-5-6-1-3-7-4-2-6;5-2-1-3(6)8-9-4(2)7;1-2/h13,17-18H,9-12,14-16H2,1-8H3;9,12,18-19H,10-11,13-17H2,1-8H3;10,12H,6-9,11H2,1-5H3;5,7,16H,1-4,6H2;6H,4-5H2,1-3H3;1-6H3;6-8H,1-5H2;1H;1H3/i;;;;;;;;1D. The number of hydrogen-bond acceptors (Lipinski definition) is 26. The Bertz CT molecular complexity index is 4690. The number of carbonyl (C=O) groups is 3. The Morgan fingerprint density at radius 3 is 0.958 bits per heavy atom. The van der Waals surface area contributed by atoms with Gasteiger partial charge in [-0.25, -0.2) is 14.4 Å². The predicted molar refractivity (Wildman–Crippen MR) is 606 cm³/mol. The number of rotatable bonds is 17. The summed E-state index contributed by atoms with van der Waals surface area (Å²) in [6.45, 7) is 82.8. The van der Waals surface area contributed by atoms with Gasteiger partial charge in [0.05, 0.1) is 53.9 Å². The van der Waals surface area contributed by atoms with Gasteiger partial charge in [-0.1, -0.05) is 218 Å². The molecule has 5 aromatic heterocycles. The molecule has 29 nitrogen and oxygen atoms in total. The second kappa shape index (κ2) is 57.6. The maximum atomic E-state index is 12.3. The van der Waals surface area contributed by atoms with Crippen molar-refractivity contribution in [2.75, 3.05) is 165 Å². The molecule has 0 spiro atoms. The highest BCUT2D eigenvalue weighted by Crippen LogP contribution is 2.44. The van der Waals surface area contributed by atoms with Crippen LogP contribution in [0.25, 0.3) is 0 Å². The molecule has 8 fully saturated rings. The van der Waals surface area contributed by atoms with E-state index in [0.29, 0.717) is 102 Å². The largest absolute Gasteiger partial charge is 0.444 e. The second-order valence-corrected chi connectivity index (χ2v) is 73.1. The molecule has 0 saturated carbocycles. The lowest BCUT2D eigenvalue weighted by molar-refractivity contribution is 0.00691. The highest BCUT2D eigenvalue weighted by Gasteiger charge is 2.45. The van der Waals surface area contributed by atoms with E-state index in [4.69, 9.17) is 132 Å². The Morgan fingerprint density at radius 2 is 0.671 bits per heavy atom. The van der Waals surface area contributed by atoms with Crippen LogP contribution in [0.4, 0.5) is 41.5 Å². The number of ether oxygens (including phenoxy) is 3. The quantitative estimate of drug-likeness (QED) is 0.0337. The summed E-state index contributed by atoms with van der Waals surface area (Å²) in [5, 5.41) is 64.1. The van der Waals surface area contributed by atoms with E-state index in [1.165, 1.54) is 6.07 Å². The molecule has 0 aliphatic carbocycles. The van der Waals surface area contributed by atoms with Gasteiger partial charge in [0.2, 0.25) is 0 Å². The lowest BCUT2D eigenvalue weighted by atomic mass is 9.93. The van der Waals surface area contributed by atoms with Gasteiger partial charge in [-0.15, -0.1) is 35.7 Å². The van der Waals surface area contributed by atoms with Crippen LogP contribution in [0.5, 0.6) is 0 Å². The zero-order chi connectivity index (χ0) is 109. The number of alkyl halides is 2. The molecule has 0 bridgehead atoms. The van der Waals surface area contributed by atoms with E-state index >= 15 is 0 Å². The fraction of sp³-hybridized carbons (Fsp3) is 0.770. The topological polar surface area (TPSA) is 311 Å². The molecule has 5 aromatic rings. The minimum absolute atomic E-state index is 0.150. The van der Waals surface area contributed by atoms with Crippen LogP contribution in [0.1, 0.15) is 234 Å². The molecule has 0 unspecified atom stereocenters. The van der Waals surface area contributed by atoms with E-state index in [-0.39, 0.29) is 67.7 Å². The lowest BCUT2D eigenvalue weighted by Crippen LogP contribution is -2.52. The van der Waals surface area contributed by atoms with Gasteiger partial charge in [0.25, 0.3) is 0 Å². The molecular weight excluding hydrogens is 2170 g/mol. The third-order valence-corrected chi connectivity index (χ3v) is 49.1. The van der Waals surface area contributed by atoms with Crippen LogP contribution in [-0.4, -0.2) is 293 Å². The number of likely N-dealkylation sites (tertiary alicyclic amines) is 3. The number of halogens is 10.